The van der Waals surface area contributed by atoms with Crippen molar-refractivity contribution in [1.29, 1.82) is 0 Å². The van der Waals surface area contributed by atoms with Crippen LogP contribution in [0.3, 0.4) is 0 Å². The van der Waals surface area contributed by atoms with E-state index in [2.05, 4.69) is 4.98 Å². The van der Waals surface area contributed by atoms with Crippen LogP contribution in [0.4, 0.5) is 5.13 Å². The second-order valence-corrected chi connectivity index (χ2v) is 7.89. The molecular formula is C22H16N2O6S. The van der Waals surface area contributed by atoms with E-state index in [4.69, 9.17) is 13.6 Å². The number of Topliss-reactive ketones (excluding diaryl/α,β-unsaturated/α-hetero) is 2. The van der Waals surface area contributed by atoms with Crippen molar-refractivity contribution in [2.24, 2.45) is 5.92 Å². The molecule has 1 amide bonds. The zero-order valence-corrected chi connectivity index (χ0v) is 17.1. The van der Waals surface area contributed by atoms with Crippen LogP contribution in [0.25, 0.3) is 10.2 Å². The number of anilines is 1. The van der Waals surface area contributed by atoms with E-state index in [9.17, 15) is 14.4 Å². The number of fused-ring (bicyclic) bond motifs is 1. The smallest absolute Gasteiger partial charge is 0.297 e. The summed E-state index contributed by atoms with van der Waals surface area (Å²) in [6.45, 7) is 2.41. The van der Waals surface area contributed by atoms with Crippen molar-refractivity contribution in [3.8, 4) is 5.75 Å². The monoisotopic (exact) mass is 436 g/mol. The van der Waals surface area contributed by atoms with Gasteiger partial charge in [0.05, 0.1) is 29.3 Å². The molecule has 5 rings (SSSR count). The van der Waals surface area contributed by atoms with E-state index in [1.54, 1.807) is 30.3 Å². The van der Waals surface area contributed by atoms with Gasteiger partial charge < -0.3 is 13.6 Å². The first-order valence-corrected chi connectivity index (χ1v) is 10.4. The molecule has 1 saturated heterocycles. The number of ether oxygens (including phenoxy) is 1. The molecule has 156 valence electrons. The molecule has 2 atom stereocenters. The van der Waals surface area contributed by atoms with E-state index in [0.717, 1.165) is 4.70 Å². The van der Waals surface area contributed by atoms with Gasteiger partial charge in [0.1, 0.15) is 23.5 Å². The van der Waals surface area contributed by atoms with Gasteiger partial charge in [-0.3, -0.25) is 19.3 Å². The average Bonchev–Trinajstić information content (AvgIpc) is 3.55. The quantitative estimate of drug-likeness (QED) is 0.255. The van der Waals surface area contributed by atoms with Crippen molar-refractivity contribution in [1.82, 2.24) is 4.98 Å². The largest absolute Gasteiger partial charge is 0.494 e. The Labute approximate surface area is 180 Å². The fraction of sp³-hybridized carbons (Fsp3) is 0.182. The molecule has 1 aliphatic heterocycles. The number of carbonyl (C=O) groups is 3. The maximum Gasteiger partial charge on any atom is 0.297 e. The molecule has 0 saturated carbocycles. The molecule has 0 bridgehead atoms. The lowest BCUT2D eigenvalue weighted by Gasteiger charge is -2.22. The Bertz CT molecular complexity index is 1270. The first-order chi connectivity index (χ1) is 15.1. The summed E-state index contributed by atoms with van der Waals surface area (Å²) in [7, 11) is 0. The summed E-state index contributed by atoms with van der Waals surface area (Å²) in [6, 6.07) is 10.7. The first kappa shape index (κ1) is 19.3. The van der Waals surface area contributed by atoms with Gasteiger partial charge in [-0.05, 0) is 49.4 Å². The van der Waals surface area contributed by atoms with Crippen molar-refractivity contribution in [3.05, 3.63) is 66.5 Å². The molecule has 8 nitrogen and oxygen atoms in total. The van der Waals surface area contributed by atoms with Gasteiger partial charge in [0.15, 0.2) is 10.9 Å². The Balaban J connectivity index is 1.61. The second kappa shape index (κ2) is 7.51. The number of amides is 1. The van der Waals surface area contributed by atoms with Gasteiger partial charge >= 0.3 is 0 Å². The maximum absolute atomic E-state index is 13.1. The molecule has 2 unspecified atom stereocenters. The maximum atomic E-state index is 13.1. The van der Waals surface area contributed by atoms with Gasteiger partial charge in [0.2, 0.25) is 11.6 Å². The lowest BCUT2D eigenvalue weighted by atomic mass is 9.91. The number of hydrogen-bond acceptors (Lipinski definition) is 8. The molecule has 3 aromatic heterocycles. The molecule has 1 aromatic carbocycles. The van der Waals surface area contributed by atoms with Gasteiger partial charge in [-0.2, -0.15) is 0 Å². The highest BCUT2D eigenvalue weighted by molar-refractivity contribution is 7.22. The van der Waals surface area contributed by atoms with E-state index >= 15 is 0 Å². The Morgan fingerprint density at radius 1 is 1.16 bits per heavy atom. The molecule has 0 spiro atoms. The third-order valence-electron chi connectivity index (χ3n) is 5.05. The van der Waals surface area contributed by atoms with E-state index < -0.39 is 29.4 Å². The van der Waals surface area contributed by atoms with Crippen LogP contribution < -0.4 is 9.64 Å². The number of furan rings is 2. The van der Waals surface area contributed by atoms with Gasteiger partial charge in [0, 0.05) is 0 Å². The summed E-state index contributed by atoms with van der Waals surface area (Å²) in [5, 5.41) is 0.304. The van der Waals surface area contributed by atoms with Crippen molar-refractivity contribution in [3.63, 3.8) is 0 Å². The molecule has 4 heterocycles. The summed E-state index contributed by atoms with van der Waals surface area (Å²) in [6.07, 6.45) is 2.78. The Morgan fingerprint density at radius 2 is 1.97 bits per heavy atom. The topological polar surface area (TPSA) is 103 Å². The van der Waals surface area contributed by atoms with Gasteiger partial charge in [-0.25, -0.2) is 4.98 Å². The lowest BCUT2D eigenvalue weighted by molar-refractivity contribution is -0.135. The number of aromatic nitrogens is 1. The minimum atomic E-state index is -1.30. The Hall–Kier alpha value is -3.72. The third kappa shape index (κ3) is 3.14. The summed E-state index contributed by atoms with van der Waals surface area (Å²) < 4.78 is 17.0. The van der Waals surface area contributed by atoms with E-state index in [-0.39, 0.29) is 5.76 Å². The lowest BCUT2D eigenvalue weighted by Crippen LogP contribution is -2.30. The van der Waals surface area contributed by atoms with Crippen LogP contribution >= 0.6 is 11.3 Å². The minimum absolute atomic E-state index is 0.00946. The molecular weight excluding hydrogens is 420 g/mol. The zero-order valence-electron chi connectivity index (χ0n) is 16.3. The molecule has 1 fully saturated rings. The summed E-state index contributed by atoms with van der Waals surface area (Å²) in [4.78, 5) is 44.8. The highest BCUT2D eigenvalue weighted by Crippen LogP contribution is 2.44. The summed E-state index contributed by atoms with van der Waals surface area (Å²) in [5.74, 6) is -2.49. The van der Waals surface area contributed by atoms with Crippen molar-refractivity contribution in [2.75, 3.05) is 11.5 Å². The summed E-state index contributed by atoms with van der Waals surface area (Å²) >= 11 is 1.24. The van der Waals surface area contributed by atoms with Crippen molar-refractivity contribution >= 4 is 44.2 Å². The van der Waals surface area contributed by atoms with Crippen LogP contribution in [0.1, 0.15) is 29.3 Å². The molecule has 0 N–H and O–H groups in total. The van der Waals surface area contributed by atoms with E-state index in [1.807, 2.05) is 13.0 Å². The molecule has 1 aliphatic rings. The fourth-order valence-electron chi connectivity index (χ4n) is 3.71. The standard InChI is InChI=1S/C22H16N2O6S/c1-2-28-12-7-8-13-16(11-12)31-22(23-13)24-18(14-5-3-9-29-14)17(20(26)21(24)27)19(25)15-6-4-10-30-15/h3-11,17-18H,2H2,1H3. The number of rotatable bonds is 6. The predicted octanol–water partition coefficient (Wildman–Crippen LogP) is 4.04. The molecule has 9 heteroatoms. The SMILES string of the molecule is CCOc1ccc2nc(N3C(=O)C(=O)C(C(=O)c4ccco4)C3c3ccco3)sc2c1. The highest BCUT2D eigenvalue weighted by Gasteiger charge is 2.55. The number of ketones is 2. The third-order valence-corrected chi connectivity index (χ3v) is 6.07. The molecule has 4 aromatic rings. The predicted molar refractivity (Wildman–Crippen MR) is 111 cm³/mol. The van der Waals surface area contributed by atoms with Crippen LogP contribution in [0, 0.1) is 5.92 Å². The fourth-order valence-corrected chi connectivity index (χ4v) is 4.74. The van der Waals surface area contributed by atoms with Crippen molar-refractivity contribution in [2.45, 2.75) is 13.0 Å². The number of hydrogen-bond donors (Lipinski definition) is 0. The van der Waals surface area contributed by atoms with Crippen LogP contribution in [-0.2, 0) is 9.59 Å². The number of carbonyl (C=O) groups excluding carboxylic acids is 3. The Morgan fingerprint density at radius 3 is 2.68 bits per heavy atom. The molecule has 31 heavy (non-hydrogen) atoms. The zero-order chi connectivity index (χ0) is 21.5. The van der Waals surface area contributed by atoms with Crippen LogP contribution in [0.2, 0.25) is 0 Å². The Kier molecular flexibility index (Phi) is 4.67. The molecule has 0 radical (unpaired) electrons. The normalized spacial score (nSPS) is 18.8. The number of thiazole rings is 1. The van der Waals surface area contributed by atoms with E-state index in [1.165, 1.54) is 34.8 Å². The van der Waals surface area contributed by atoms with Gasteiger partial charge in [-0.1, -0.05) is 11.3 Å². The van der Waals surface area contributed by atoms with Gasteiger partial charge in [0.25, 0.3) is 5.91 Å². The van der Waals surface area contributed by atoms with Crippen LogP contribution in [0.15, 0.2) is 63.8 Å². The highest BCUT2D eigenvalue weighted by atomic mass is 32.1. The van der Waals surface area contributed by atoms with Gasteiger partial charge in [-0.15, -0.1) is 0 Å². The minimum Gasteiger partial charge on any atom is -0.494 e. The van der Waals surface area contributed by atoms with Crippen LogP contribution in [-0.4, -0.2) is 29.1 Å². The van der Waals surface area contributed by atoms with Crippen LogP contribution in [0.5, 0.6) is 5.75 Å². The second-order valence-electron chi connectivity index (χ2n) is 6.88. The molecule has 0 aliphatic carbocycles. The number of nitrogens with zero attached hydrogens (tertiary/aromatic N) is 2. The van der Waals surface area contributed by atoms with E-state index in [0.29, 0.717) is 28.8 Å². The summed E-state index contributed by atoms with van der Waals surface area (Å²) in [5.41, 5.74) is 0.655. The first-order valence-electron chi connectivity index (χ1n) is 9.60. The number of benzene rings is 1. The van der Waals surface area contributed by atoms with Crippen molar-refractivity contribution < 1.29 is 28.0 Å². The average molecular weight is 436 g/mol.